The molecule has 7 heavy (non-hydrogen) atoms. The van der Waals surface area contributed by atoms with Crippen LogP contribution >= 0.6 is 0 Å². The number of hydrogen-bond donors (Lipinski definition) is 1. The Morgan fingerprint density at radius 3 is 2.71 bits per heavy atom. The lowest BCUT2D eigenvalue weighted by molar-refractivity contribution is 0.209. The largest absolute Gasteiger partial charge is 0.389 e. The van der Waals surface area contributed by atoms with E-state index in [9.17, 15) is 0 Å². The molecule has 0 saturated carbocycles. The molecule has 0 spiro atoms. The summed E-state index contributed by atoms with van der Waals surface area (Å²) in [6.45, 7) is 0. The van der Waals surface area contributed by atoms with Crippen LogP contribution in [0.3, 0.4) is 0 Å². The van der Waals surface area contributed by atoms with Gasteiger partial charge in [0.05, 0.1) is 6.10 Å². The molecule has 1 atom stereocenters. The fourth-order valence-corrected chi connectivity index (χ4v) is 0.666. The summed E-state index contributed by atoms with van der Waals surface area (Å²) in [7, 11) is 0. The third-order valence-electron chi connectivity index (χ3n) is 1.10. The lowest BCUT2D eigenvalue weighted by Gasteiger charge is -2.07. The number of rotatable bonds is 0. The second-order valence-corrected chi connectivity index (χ2v) is 1.77. The highest BCUT2D eigenvalue weighted by Gasteiger charge is 2.00. The van der Waals surface area contributed by atoms with E-state index in [-0.39, 0.29) is 6.10 Å². The average Bonchev–Trinajstić information content (AvgIpc) is 1.69. The lowest BCUT2D eigenvalue weighted by atomic mass is 10.1. The molecule has 1 radical (unpaired) electrons. The van der Waals surface area contributed by atoms with Crippen molar-refractivity contribution in [2.45, 2.75) is 18.9 Å². The van der Waals surface area contributed by atoms with Crippen molar-refractivity contribution in [1.82, 2.24) is 0 Å². The first-order chi connectivity index (χ1) is 3.39. The Bertz CT molecular complexity index is 76.2. The topological polar surface area (TPSA) is 20.2 Å². The zero-order chi connectivity index (χ0) is 5.11. The Kier molecular flexibility index (Phi) is 1.47. The smallest absolute Gasteiger partial charge is 0.0721 e. The molecule has 0 saturated heterocycles. The van der Waals surface area contributed by atoms with Gasteiger partial charge in [0, 0.05) is 0 Å². The predicted octanol–water partition coefficient (Wildman–Crippen LogP) is 0.902. The molecule has 1 heteroatoms. The van der Waals surface area contributed by atoms with Crippen LogP contribution in [0.1, 0.15) is 12.8 Å². The molecule has 0 heterocycles. The third kappa shape index (κ3) is 1.32. The van der Waals surface area contributed by atoms with Gasteiger partial charge in [-0.3, -0.25) is 0 Å². The monoisotopic (exact) mass is 97.1 g/mol. The molecule has 1 unspecified atom stereocenters. The minimum Gasteiger partial charge on any atom is -0.389 e. The van der Waals surface area contributed by atoms with Gasteiger partial charge in [-0.2, -0.15) is 0 Å². The van der Waals surface area contributed by atoms with Crippen molar-refractivity contribution in [3.63, 3.8) is 0 Å². The van der Waals surface area contributed by atoms with Crippen LogP contribution in [0.5, 0.6) is 0 Å². The van der Waals surface area contributed by atoms with E-state index in [0.717, 1.165) is 12.8 Å². The Hall–Kier alpha value is -0.300. The van der Waals surface area contributed by atoms with E-state index < -0.39 is 0 Å². The fraction of sp³-hybridized carbons (Fsp3) is 0.500. The standard InChI is InChI=1S/C6H9O/c7-6-4-2-1-3-5-6/h1-2,4,6-7H,3,5H2. The number of aliphatic hydroxyl groups excluding tert-OH is 1. The van der Waals surface area contributed by atoms with Gasteiger partial charge in [-0.25, -0.2) is 0 Å². The molecule has 0 aliphatic heterocycles. The van der Waals surface area contributed by atoms with Crippen LogP contribution < -0.4 is 0 Å². The van der Waals surface area contributed by atoms with Crippen molar-refractivity contribution in [3.05, 3.63) is 18.6 Å². The molecule has 1 aliphatic rings. The summed E-state index contributed by atoms with van der Waals surface area (Å²) in [6, 6.07) is 0. The molecule has 0 aromatic carbocycles. The maximum absolute atomic E-state index is 8.80. The number of hydrogen-bond acceptors (Lipinski definition) is 1. The Morgan fingerprint density at radius 1 is 1.57 bits per heavy atom. The van der Waals surface area contributed by atoms with Crippen LogP contribution in [0.4, 0.5) is 0 Å². The zero-order valence-electron chi connectivity index (χ0n) is 4.17. The predicted molar refractivity (Wildman–Crippen MR) is 28.7 cm³/mol. The van der Waals surface area contributed by atoms with Gasteiger partial charge in [0.15, 0.2) is 0 Å². The molecule has 1 aliphatic carbocycles. The normalized spacial score (nSPS) is 30.7. The second-order valence-electron chi connectivity index (χ2n) is 1.77. The van der Waals surface area contributed by atoms with Crippen LogP contribution in [-0.2, 0) is 0 Å². The summed E-state index contributed by atoms with van der Waals surface area (Å²) < 4.78 is 0. The first-order valence-corrected chi connectivity index (χ1v) is 2.57. The SMILES string of the molecule is OC1C=C[CH]CC1. The summed E-state index contributed by atoms with van der Waals surface area (Å²) in [5.41, 5.74) is 0. The highest BCUT2D eigenvalue weighted by Crippen LogP contribution is 2.07. The second kappa shape index (κ2) is 2.12. The highest BCUT2D eigenvalue weighted by atomic mass is 16.3. The van der Waals surface area contributed by atoms with Gasteiger partial charge in [0.25, 0.3) is 0 Å². The molecule has 1 rings (SSSR count). The number of allylic oxidation sites excluding steroid dienone is 1. The molecule has 0 aromatic rings. The maximum Gasteiger partial charge on any atom is 0.0721 e. The van der Waals surface area contributed by atoms with Crippen LogP contribution in [0, 0.1) is 6.42 Å². The first-order valence-electron chi connectivity index (χ1n) is 2.57. The van der Waals surface area contributed by atoms with Crippen molar-refractivity contribution < 1.29 is 5.11 Å². The summed E-state index contributed by atoms with van der Waals surface area (Å²) in [5.74, 6) is 0. The number of aliphatic hydroxyl groups is 1. The van der Waals surface area contributed by atoms with Crippen molar-refractivity contribution >= 4 is 0 Å². The van der Waals surface area contributed by atoms with Crippen LogP contribution in [-0.4, -0.2) is 11.2 Å². The first kappa shape index (κ1) is 4.85. The maximum atomic E-state index is 8.80. The summed E-state index contributed by atoms with van der Waals surface area (Å²) in [6.07, 6.45) is 7.53. The van der Waals surface area contributed by atoms with Gasteiger partial charge in [-0.1, -0.05) is 12.2 Å². The molecule has 0 amide bonds. The van der Waals surface area contributed by atoms with Gasteiger partial charge in [0.1, 0.15) is 0 Å². The van der Waals surface area contributed by atoms with Crippen LogP contribution in [0.15, 0.2) is 12.2 Å². The van der Waals surface area contributed by atoms with Crippen molar-refractivity contribution in [3.8, 4) is 0 Å². The van der Waals surface area contributed by atoms with Gasteiger partial charge >= 0.3 is 0 Å². The fourth-order valence-electron chi connectivity index (χ4n) is 0.666. The third-order valence-corrected chi connectivity index (χ3v) is 1.10. The van der Waals surface area contributed by atoms with Crippen molar-refractivity contribution in [2.24, 2.45) is 0 Å². The van der Waals surface area contributed by atoms with E-state index in [4.69, 9.17) is 5.11 Å². The van der Waals surface area contributed by atoms with Crippen LogP contribution in [0.25, 0.3) is 0 Å². The average molecular weight is 97.1 g/mol. The molecule has 0 aromatic heterocycles. The molecule has 0 bridgehead atoms. The van der Waals surface area contributed by atoms with Crippen molar-refractivity contribution in [1.29, 1.82) is 0 Å². The Morgan fingerprint density at radius 2 is 2.43 bits per heavy atom. The molecule has 0 fully saturated rings. The Labute approximate surface area is 43.7 Å². The highest BCUT2D eigenvalue weighted by molar-refractivity contribution is 5.03. The van der Waals surface area contributed by atoms with E-state index in [1.807, 2.05) is 12.2 Å². The van der Waals surface area contributed by atoms with Gasteiger partial charge in [0.2, 0.25) is 0 Å². The van der Waals surface area contributed by atoms with E-state index >= 15 is 0 Å². The van der Waals surface area contributed by atoms with Crippen molar-refractivity contribution in [2.75, 3.05) is 0 Å². The van der Waals surface area contributed by atoms with Gasteiger partial charge in [-0.15, -0.1) is 0 Å². The minimum absolute atomic E-state index is 0.176. The minimum atomic E-state index is -0.176. The molecular formula is C6H9O. The van der Waals surface area contributed by atoms with E-state index in [0.29, 0.717) is 0 Å². The quantitative estimate of drug-likeness (QED) is 0.476. The Balaban J connectivity index is 2.36. The van der Waals surface area contributed by atoms with Gasteiger partial charge in [-0.05, 0) is 19.3 Å². The van der Waals surface area contributed by atoms with E-state index in [2.05, 4.69) is 6.42 Å². The van der Waals surface area contributed by atoms with Gasteiger partial charge < -0.3 is 5.11 Å². The summed E-state index contributed by atoms with van der Waals surface area (Å²) in [5, 5.41) is 8.80. The molecule has 1 nitrogen and oxygen atoms in total. The zero-order valence-corrected chi connectivity index (χ0v) is 4.17. The summed E-state index contributed by atoms with van der Waals surface area (Å²) in [4.78, 5) is 0. The molecule has 39 valence electrons. The molecular weight excluding hydrogens is 88.1 g/mol. The molecule has 1 N–H and O–H groups in total. The van der Waals surface area contributed by atoms with E-state index in [1.165, 1.54) is 0 Å². The van der Waals surface area contributed by atoms with Crippen LogP contribution in [0.2, 0.25) is 0 Å². The van der Waals surface area contributed by atoms with E-state index in [1.54, 1.807) is 0 Å². The lowest BCUT2D eigenvalue weighted by Crippen LogP contribution is -2.04. The summed E-state index contributed by atoms with van der Waals surface area (Å²) >= 11 is 0.